The summed E-state index contributed by atoms with van der Waals surface area (Å²) in [5.74, 6) is 2.33. The number of anilines is 1. The topological polar surface area (TPSA) is 50.1 Å². The van der Waals surface area contributed by atoms with Gasteiger partial charge in [0, 0.05) is 45.5 Å². The van der Waals surface area contributed by atoms with Crippen molar-refractivity contribution in [1.82, 2.24) is 24.4 Å². The van der Waals surface area contributed by atoms with E-state index >= 15 is 0 Å². The van der Waals surface area contributed by atoms with E-state index in [-0.39, 0.29) is 5.82 Å². The molecule has 0 unspecified atom stereocenters. The Morgan fingerprint density at radius 1 is 0.971 bits per heavy atom. The van der Waals surface area contributed by atoms with Crippen LogP contribution in [0.25, 0.3) is 11.0 Å². The van der Waals surface area contributed by atoms with Gasteiger partial charge in [-0.3, -0.25) is 0 Å². The van der Waals surface area contributed by atoms with Crippen LogP contribution in [-0.2, 0) is 13.0 Å². The van der Waals surface area contributed by atoms with Crippen LogP contribution >= 0.6 is 0 Å². The number of benzene rings is 2. The molecule has 6 nitrogen and oxygen atoms in total. The Morgan fingerprint density at radius 2 is 1.71 bits per heavy atom. The van der Waals surface area contributed by atoms with Crippen molar-refractivity contribution in [2.45, 2.75) is 25.8 Å². The van der Waals surface area contributed by atoms with Crippen LogP contribution < -0.4 is 4.90 Å². The van der Waals surface area contributed by atoms with Crippen LogP contribution in [0.4, 0.5) is 10.3 Å². The van der Waals surface area contributed by atoms with E-state index in [1.54, 1.807) is 12.4 Å². The fourth-order valence-corrected chi connectivity index (χ4v) is 4.78. The van der Waals surface area contributed by atoms with E-state index in [0.717, 1.165) is 61.0 Å². The summed E-state index contributed by atoms with van der Waals surface area (Å²) < 4.78 is 15.7. The van der Waals surface area contributed by atoms with Gasteiger partial charge in [0.15, 0.2) is 0 Å². The molecule has 0 amide bonds. The maximum atomic E-state index is 13.4. The molecule has 4 aromatic rings. The van der Waals surface area contributed by atoms with Gasteiger partial charge < -0.3 is 14.4 Å². The van der Waals surface area contributed by atoms with Crippen molar-refractivity contribution in [3.05, 3.63) is 84.2 Å². The summed E-state index contributed by atoms with van der Waals surface area (Å²) in [5, 5.41) is 0. The Balaban J connectivity index is 1.21. The van der Waals surface area contributed by atoms with Crippen molar-refractivity contribution in [3.63, 3.8) is 0 Å². The third kappa shape index (κ3) is 5.25. The number of likely N-dealkylation sites (N-methyl/N-ethyl adjacent to an activating group) is 1. The average Bonchev–Trinajstić information content (AvgIpc) is 3.22. The molecule has 1 aliphatic heterocycles. The molecule has 176 valence electrons. The molecule has 0 aliphatic carbocycles. The normalized spacial score (nSPS) is 15.1. The zero-order valence-electron chi connectivity index (χ0n) is 19.6. The van der Waals surface area contributed by atoms with Gasteiger partial charge in [0.05, 0.1) is 11.0 Å². The summed E-state index contributed by atoms with van der Waals surface area (Å²) in [6.07, 6.45) is 6.89. The van der Waals surface area contributed by atoms with Crippen molar-refractivity contribution in [1.29, 1.82) is 0 Å². The number of likely N-dealkylation sites (tertiary alicyclic amines) is 1. The number of hydrogen-bond acceptors (Lipinski definition) is 5. The Labute approximate surface area is 200 Å². The molecule has 1 aliphatic rings. The Bertz CT molecular complexity index is 1200. The molecule has 2 aromatic carbocycles. The smallest absolute Gasteiger partial charge is 0.225 e. The van der Waals surface area contributed by atoms with Gasteiger partial charge >= 0.3 is 0 Å². The second-order valence-corrected chi connectivity index (χ2v) is 9.19. The van der Waals surface area contributed by atoms with Crippen molar-refractivity contribution < 1.29 is 4.39 Å². The van der Waals surface area contributed by atoms with Gasteiger partial charge in [0.2, 0.25) is 5.95 Å². The number of piperidine rings is 1. The van der Waals surface area contributed by atoms with Crippen LogP contribution in [0.1, 0.15) is 24.2 Å². The lowest BCUT2D eigenvalue weighted by Gasteiger charge is -2.33. The minimum atomic E-state index is -0.200. The molecule has 3 heterocycles. The van der Waals surface area contributed by atoms with E-state index in [9.17, 15) is 4.39 Å². The monoisotopic (exact) mass is 458 g/mol. The number of fused-ring (bicyclic) bond motifs is 1. The highest BCUT2D eigenvalue weighted by Gasteiger charge is 2.22. The zero-order chi connectivity index (χ0) is 23.3. The maximum absolute atomic E-state index is 13.4. The fourth-order valence-electron chi connectivity index (χ4n) is 4.78. The summed E-state index contributed by atoms with van der Waals surface area (Å²) in [6.45, 7) is 4.86. The zero-order valence-corrected chi connectivity index (χ0v) is 19.6. The SMILES string of the molecule is CN(CCN1CCC(Cc2nc3ccccc3n2Cc2ccc(F)cc2)CC1)c1ncccn1. The highest BCUT2D eigenvalue weighted by Crippen LogP contribution is 2.25. The average molecular weight is 459 g/mol. The largest absolute Gasteiger partial charge is 0.343 e. The van der Waals surface area contributed by atoms with Gasteiger partial charge in [-0.15, -0.1) is 0 Å². The number of para-hydroxylation sites is 2. The molecule has 0 radical (unpaired) electrons. The van der Waals surface area contributed by atoms with Crippen LogP contribution in [-0.4, -0.2) is 57.6 Å². The number of aromatic nitrogens is 4. The summed E-state index contributed by atoms with van der Waals surface area (Å²) in [6, 6.07) is 16.9. The molecule has 0 bridgehead atoms. The summed E-state index contributed by atoms with van der Waals surface area (Å²) in [5.41, 5.74) is 3.26. The van der Waals surface area contributed by atoms with Crippen molar-refractivity contribution in [2.24, 2.45) is 5.92 Å². The third-order valence-corrected chi connectivity index (χ3v) is 6.81. The number of nitrogens with zero attached hydrogens (tertiary/aromatic N) is 6. The summed E-state index contributed by atoms with van der Waals surface area (Å²) in [7, 11) is 2.05. The lowest BCUT2D eigenvalue weighted by molar-refractivity contribution is 0.186. The number of imidazole rings is 1. The van der Waals surface area contributed by atoms with Crippen molar-refractivity contribution >= 4 is 17.0 Å². The van der Waals surface area contributed by atoms with Crippen molar-refractivity contribution in [2.75, 3.05) is 38.1 Å². The first-order valence-corrected chi connectivity index (χ1v) is 12.0. The van der Waals surface area contributed by atoms with E-state index in [1.807, 2.05) is 31.3 Å². The van der Waals surface area contributed by atoms with E-state index in [1.165, 1.54) is 25.0 Å². The molecule has 2 aromatic heterocycles. The van der Waals surface area contributed by atoms with Gasteiger partial charge in [-0.2, -0.15) is 0 Å². The Morgan fingerprint density at radius 3 is 2.47 bits per heavy atom. The number of hydrogen-bond donors (Lipinski definition) is 0. The highest BCUT2D eigenvalue weighted by atomic mass is 19.1. The number of halogens is 1. The quantitative estimate of drug-likeness (QED) is 0.392. The molecule has 0 N–H and O–H groups in total. The van der Waals surface area contributed by atoms with E-state index in [4.69, 9.17) is 4.98 Å². The van der Waals surface area contributed by atoms with E-state index in [0.29, 0.717) is 12.5 Å². The third-order valence-electron chi connectivity index (χ3n) is 6.81. The second kappa shape index (κ2) is 10.3. The van der Waals surface area contributed by atoms with Gasteiger partial charge in [0.25, 0.3) is 0 Å². The standard InChI is InChI=1S/C27H31FN6/c1-32(27-29-13-4-14-30-27)17-18-33-15-11-21(12-16-33)19-26-31-24-5-2-3-6-25(24)34(26)20-22-7-9-23(28)10-8-22/h2-10,13-14,21H,11-12,15-20H2,1H3. The predicted molar refractivity (Wildman–Crippen MR) is 133 cm³/mol. The van der Waals surface area contributed by atoms with Crippen LogP contribution in [0.3, 0.4) is 0 Å². The maximum Gasteiger partial charge on any atom is 0.225 e. The first-order valence-electron chi connectivity index (χ1n) is 12.0. The molecular formula is C27H31FN6. The fraction of sp³-hybridized carbons (Fsp3) is 0.370. The minimum absolute atomic E-state index is 0.200. The van der Waals surface area contributed by atoms with Crippen LogP contribution in [0, 0.1) is 11.7 Å². The summed E-state index contributed by atoms with van der Waals surface area (Å²) >= 11 is 0. The predicted octanol–water partition coefficient (Wildman–Crippen LogP) is 4.40. The Kier molecular flexibility index (Phi) is 6.81. The van der Waals surface area contributed by atoms with Crippen LogP contribution in [0.5, 0.6) is 0 Å². The molecule has 1 fully saturated rings. The molecular weight excluding hydrogens is 427 g/mol. The molecule has 0 saturated carbocycles. The summed E-state index contributed by atoms with van der Waals surface area (Å²) in [4.78, 5) is 18.3. The van der Waals surface area contributed by atoms with Gasteiger partial charge in [-0.25, -0.2) is 19.3 Å². The van der Waals surface area contributed by atoms with Gasteiger partial charge in [-0.05, 0) is 67.7 Å². The molecule has 0 atom stereocenters. The highest BCUT2D eigenvalue weighted by molar-refractivity contribution is 5.76. The Hall–Kier alpha value is -3.32. The lowest BCUT2D eigenvalue weighted by Crippen LogP contribution is -2.39. The molecule has 1 saturated heterocycles. The second-order valence-electron chi connectivity index (χ2n) is 9.19. The molecule has 0 spiro atoms. The van der Waals surface area contributed by atoms with E-state index < -0.39 is 0 Å². The van der Waals surface area contributed by atoms with Crippen LogP contribution in [0.15, 0.2) is 67.0 Å². The van der Waals surface area contributed by atoms with Crippen molar-refractivity contribution in [3.8, 4) is 0 Å². The first kappa shape index (κ1) is 22.5. The van der Waals surface area contributed by atoms with Gasteiger partial charge in [0.1, 0.15) is 11.6 Å². The molecule has 34 heavy (non-hydrogen) atoms. The molecule has 7 heteroatoms. The minimum Gasteiger partial charge on any atom is -0.343 e. The van der Waals surface area contributed by atoms with Gasteiger partial charge in [-0.1, -0.05) is 24.3 Å². The first-order chi connectivity index (χ1) is 16.7. The number of rotatable bonds is 8. The lowest BCUT2D eigenvalue weighted by atomic mass is 9.93. The van der Waals surface area contributed by atoms with Crippen LogP contribution in [0.2, 0.25) is 0 Å². The van der Waals surface area contributed by atoms with E-state index in [2.05, 4.69) is 42.5 Å². The molecule has 5 rings (SSSR count).